The first-order valence-corrected chi connectivity index (χ1v) is 6.30. The van der Waals surface area contributed by atoms with Crippen molar-refractivity contribution in [3.63, 3.8) is 0 Å². The van der Waals surface area contributed by atoms with E-state index in [0.717, 1.165) is 23.6 Å². The highest BCUT2D eigenvalue weighted by Gasteiger charge is 2.05. The summed E-state index contributed by atoms with van der Waals surface area (Å²) in [6, 6.07) is 18.3. The van der Waals surface area contributed by atoms with E-state index in [2.05, 4.69) is 27.4 Å². The molecule has 94 valence electrons. The number of nitrogens with zero attached hydrogens (tertiary/aromatic N) is 1. The van der Waals surface area contributed by atoms with Gasteiger partial charge in [-0.15, -0.1) is 0 Å². The Labute approximate surface area is 112 Å². The van der Waals surface area contributed by atoms with Gasteiger partial charge in [-0.05, 0) is 18.2 Å². The van der Waals surface area contributed by atoms with Crippen molar-refractivity contribution in [2.24, 2.45) is 0 Å². The molecule has 0 bridgehead atoms. The Morgan fingerprint density at radius 2 is 1.79 bits per heavy atom. The summed E-state index contributed by atoms with van der Waals surface area (Å²) in [5, 5.41) is 3.41. The Morgan fingerprint density at radius 1 is 0.947 bits per heavy atom. The van der Waals surface area contributed by atoms with Crippen LogP contribution >= 0.6 is 0 Å². The Balaban J connectivity index is 1.78. The van der Waals surface area contributed by atoms with Crippen LogP contribution in [0.4, 0.5) is 5.69 Å². The molecule has 2 aromatic heterocycles. The van der Waals surface area contributed by atoms with Gasteiger partial charge in [-0.25, -0.2) is 0 Å². The molecule has 2 heterocycles. The Hall–Kier alpha value is -2.55. The number of nitrogens with one attached hydrogen (secondary N) is 2. The molecule has 1 aromatic carbocycles. The molecule has 0 fully saturated rings. The molecule has 0 atom stereocenters. The van der Waals surface area contributed by atoms with Crippen LogP contribution in [-0.2, 0) is 6.54 Å². The summed E-state index contributed by atoms with van der Waals surface area (Å²) in [4.78, 5) is 7.58. The third-order valence-electron chi connectivity index (χ3n) is 3.00. The fourth-order valence-electron chi connectivity index (χ4n) is 2.05. The van der Waals surface area contributed by atoms with Gasteiger partial charge in [0.25, 0.3) is 0 Å². The number of pyridine rings is 1. The monoisotopic (exact) mass is 249 g/mol. The maximum atomic E-state index is 4.31. The van der Waals surface area contributed by atoms with Gasteiger partial charge in [0.2, 0.25) is 0 Å². The van der Waals surface area contributed by atoms with E-state index in [4.69, 9.17) is 0 Å². The second-order valence-corrected chi connectivity index (χ2v) is 4.31. The third-order valence-corrected chi connectivity index (χ3v) is 3.00. The summed E-state index contributed by atoms with van der Waals surface area (Å²) in [5.74, 6) is 0. The summed E-state index contributed by atoms with van der Waals surface area (Å²) in [7, 11) is 0. The zero-order chi connectivity index (χ0) is 12.9. The van der Waals surface area contributed by atoms with E-state index in [1.807, 2.05) is 54.9 Å². The van der Waals surface area contributed by atoms with Crippen molar-refractivity contribution in [3.8, 4) is 11.3 Å². The van der Waals surface area contributed by atoms with E-state index in [-0.39, 0.29) is 0 Å². The van der Waals surface area contributed by atoms with Crippen LogP contribution in [0.3, 0.4) is 0 Å². The minimum Gasteiger partial charge on any atom is -0.378 e. The lowest BCUT2D eigenvalue weighted by atomic mass is 10.1. The van der Waals surface area contributed by atoms with Gasteiger partial charge in [-0.1, -0.05) is 36.4 Å². The van der Waals surface area contributed by atoms with Gasteiger partial charge in [-0.2, -0.15) is 0 Å². The molecule has 3 nitrogen and oxygen atoms in total. The maximum absolute atomic E-state index is 4.31. The summed E-state index contributed by atoms with van der Waals surface area (Å²) in [6.07, 6.45) is 3.76. The molecule has 0 saturated carbocycles. The van der Waals surface area contributed by atoms with E-state index >= 15 is 0 Å². The molecule has 0 aliphatic carbocycles. The molecule has 19 heavy (non-hydrogen) atoms. The summed E-state index contributed by atoms with van der Waals surface area (Å²) < 4.78 is 0. The van der Waals surface area contributed by atoms with Gasteiger partial charge in [-0.3, -0.25) is 4.98 Å². The standard InChI is InChI=1S/C16H15N3/c1-2-6-13(7-3-1)16-15(9-11-18-16)19-12-14-8-4-5-10-17-14/h1-11,18-19H,12H2. The summed E-state index contributed by atoms with van der Waals surface area (Å²) >= 11 is 0. The Kier molecular flexibility index (Phi) is 3.28. The fourth-order valence-corrected chi connectivity index (χ4v) is 2.05. The SMILES string of the molecule is c1ccc(-c2[nH]ccc2NCc2ccccn2)cc1. The topological polar surface area (TPSA) is 40.7 Å². The van der Waals surface area contributed by atoms with Crippen LogP contribution < -0.4 is 5.32 Å². The number of aromatic amines is 1. The molecule has 3 aromatic rings. The number of aromatic nitrogens is 2. The first-order chi connectivity index (χ1) is 9.43. The van der Waals surface area contributed by atoms with Gasteiger partial charge < -0.3 is 10.3 Å². The molecule has 0 aliphatic rings. The third kappa shape index (κ3) is 2.65. The van der Waals surface area contributed by atoms with Crippen molar-refractivity contribution in [2.45, 2.75) is 6.54 Å². The second kappa shape index (κ2) is 5.40. The summed E-state index contributed by atoms with van der Waals surface area (Å²) in [5.41, 5.74) is 4.41. The molecule has 0 radical (unpaired) electrons. The van der Waals surface area contributed by atoms with Crippen molar-refractivity contribution in [2.75, 3.05) is 5.32 Å². The highest BCUT2D eigenvalue weighted by atomic mass is 14.9. The molecule has 0 aliphatic heterocycles. The fraction of sp³-hybridized carbons (Fsp3) is 0.0625. The van der Waals surface area contributed by atoms with Gasteiger partial charge in [0.1, 0.15) is 0 Å². The number of rotatable bonds is 4. The Bertz CT molecular complexity index is 629. The molecule has 2 N–H and O–H groups in total. The van der Waals surface area contributed by atoms with Crippen molar-refractivity contribution >= 4 is 5.69 Å². The minimum atomic E-state index is 0.721. The molecule has 0 spiro atoms. The second-order valence-electron chi connectivity index (χ2n) is 4.31. The van der Waals surface area contributed by atoms with Gasteiger partial charge in [0, 0.05) is 18.0 Å². The van der Waals surface area contributed by atoms with Gasteiger partial charge >= 0.3 is 0 Å². The van der Waals surface area contributed by atoms with E-state index < -0.39 is 0 Å². The lowest BCUT2D eigenvalue weighted by molar-refractivity contribution is 1.05. The zero-order valence-corrected chi connectivity index (χ0v) is 10.5. The zero-order valence-electron chi connectivity index (χ0n) is 10.5. The molecule has 3 heteroatoms. The summed E-state index contributed by atoms with van der Waals surface area (Å²) in [6.45, 7) is 0.721. The number of hydrogen-bond acceptors (Lipinski definition) is 2. The van der Waals surface area contributed by atoms with Crippen LogP contribution in [0.15, 0.2) is 67.0 Å². The molecular weight excluding hydrogens is 234 g/mol. The predicted octanol–water partition coefficient (Wildman–Crippen LogP) is 3.69. The van der Waals surface area contributed by atoms with Crippen LogP contribution in [0, 0.1) is 0 Å². The van der Waals surface area contributed by atoms with Crippen LogP contribution in [0.25, 0.3) is 11.3 Å². The average molecular weight is 249 g/mol. The Morgan fingerprint density at radius 3 is 2.58 bits per heavy atom. The van der Waals surface area contributed by atoms with E-state index in [1.54, 1.807) is 0 Å². The first-order valence-electron chi connectivity index (χ1n) is 6.30. The molecule has 0 amide bonds. The lowest BCUT2D eigenvalue weighted by Crippen LogP contribution is -2.01. The van der Waals surface area contributed by atoms with Crippen LogP contribution in [-0.4, -0.2) is 9.97 Å². The molecular formula is C16H15N3. The molecule has 3 rings (SSSR count). The predicted molar refractivity (Wildman–Crippen MR) is 77.8 cm³/mol. The van der Waals surface area contributed by atoms with Gasteiger partial charge in [0.05, 0.1) is 23.6 Å². The largest absolute Gasteiger partial charge is 0.378 e. The number of benzene rings is 1. The minimum absolute atomic E-state index is 0.721. The lowest BCUT2D eigenvalue weighted by Gasteiger charge is -2.07. The molecule has 0 saturated heterocycles. The number of H-pyrrole nitrogens is 1. The smallest absolute Gasteiger partial charge is 0.0689 e. The quantitative estimate of drug-likeness (QED) is 0.740. The van der Waals surface area contributed by atoms with Gasteiger partial charge in [0.15, 0.2) is 0 Å². The van der Waals surface area contributed by atoms with Crippen LogP contribution in [0.5, 0.6) is 0 Å². The van der Waals surface area contributed by atoms with Crippen molar-refractivity contribution in [1.29, 1.82) is 0 Å². The number of hydrogen-bond donors (Lipinski definition) is 2. The molecule has 0 unspecified atom stereocenters. The van der Waals surface area contributed by atoms with Crippen LogP contribution in [0.1, 0.15) is 5.69 Å². The highest BCUT2D eigenvalue weighted by Crippen LogP contribution is 2.26. The van der Waals surface area contributed by atoms with Crippen LogP contribution in [0.2, 0.25) is 0 Å². The highest BCUT2D eigenvalue weighted by molar-refractivity contribution is 5.74. The van der Waals surface area contributed by atoms with E-state index in [0.29, 0.717) is 0 Å². The van der Waals surface area contributed by atoms with Crippen molar-refractivity contribution in [3.05, 3.63) is 72.7 Å². The normalized spacial score (nSPS) is 10.3. The van der Waals surface area contributed by atoms with Crippen molar-refractivity contribution in [1.82, 2.24) is 9.97 Å². The van der Waals surface area contributed by atoms with E-state index in [9.17, 15) is 0 Å². The maximum Gasteiger partial charge on any atom is 0.0689 e. The average Bonchev–Trinajstić information content (AvgIpc) is 2.95. The van der Waals surface area contributed by atoms with Crippen molar-refractivity contribution < 1.29 is 0 Å². The number of anilines is 1. The first kappa shape index (κ1) is 11.5. The van der Waals surface area contributed by atoms with E-state index in [1.165, 1.54) is 5.56 Å².